The van der Waals surface area contributed by atoms with Gasteiger partial charge in [0.1, 0.15) is 5.75 Å². The van der Waals surface area contributed by atoms with Crippen LogP contribution in [-0.4, -0.2) is 6.10 Å². The Bertz CT molecular complexity index is 353. The fourth-order valence-electron chi connectivity index (χ4n) is 3.16. The first-order valence-corrected chi connectivity index (χ1v) is 6.78. The number of benzene rings is 1. The van der Waals surface area contributed by atoms with Gasteiger partial charge < -0.3 is 4.74 Å². The molecule has 1 aromatic rings. The molecule has 0 spiro atoms. The van der Waals surface area contributed by atoms with Crippen LogP contribution in [0.15, 0.2) is 18.2 Å². The van der Waals surface area contributed by atoms with Gasteiger partial charge in [-0.2, -0.15) is 0 Å². The Kier molecular flexibility index (Phi) is 3.76. The Labute approximate surface area is 105 Å². The minimum Gasteiger partial charge on any atom is -0.490 e. The van der Waals surface area contributed by atoms with Crippen LogP contribution in [0.1, 0.15) is 44.2 Å². The SMILES string of the molecule is Cc1cc(C)cc(OC2CC(C)CC(C)C2)c1. The summed E-state index contributed by atoms with van der Waals surface area (Å²) >= 11 is 0. The zero-order valence-corrected chi connectivity index (χ0v) is 11.5. The molecule has 1 aromatic carbocycles. The molecular formula is C16H24O. The Morgan fingerprint density at radius 2 is 1.41 bits per heavy atom. The first-order valence-electron chi connectivity index (χ1n) is 6.78. The average molecular weight is 232 g/mol. The molecule has 2 unspecified atom stereocenters. The molecule has 1 nitrogen and oxygen atoms in total. The van der Waals surface area contributed by atoms with Gasteiger partial charge in [0.05, 0.1) is 6.10 Å². The van der Waals surface area contributed by atoms with Crippen LogP contribution in [0.4, 0.5) is 0 Å². The highest BCUT2D eigenvalue weighted by molar-refractivity contribution is 5.33. The molecule has 0 bridgehead atoms. The van der Waals surface area contributed by atoms with Gasteiger partial charge in [-0.1, -0.05) is 19.9 Å². The van der Waals surface area contributed by atoms with Crippen LogP contribution in [0.25, 0.3) is 0 Å². The summed E-state index contributed by atoms with van der Waals surface area (Å²) in [5.41, 5.74) is 2.58. The van der Waals surface area contributed by atoms with E-state index in [2.05, 4.69) is 45.9 Å². The summed E-state index contributed by atoms with van der Waals surface area (Å²) in [5, 5.41) is 0. The zero-order valence-electron chi connectivity index (χ0n) is 11.5. The van der Waals surface area contributed by atoms with Gasteiger partial charge in [-0.3, -0.25) is 0 Å². The monoisotopic (exact) mass is 232 g/mol. The molecule has 0 saturated heterocycles. The molecule has 0 N–H and O–H groups in total. The largest absolute Gasteiger partial charge is 0.490 e. The lowest BCUT2D eigenvalue weighted by molar-refractivity contribution is 0.101. The number of hydrogen-bond donors (Lipinski definition) is 0. The maximum atomic E-state index is 6.16. The normalized spacial score (nSPS) is 29.1. The van der Waals surface area contributed by atoms with Crippen molar-refractivity contribution in [2.24, 2.45) is 11.8 Å². The van der Waals surface area contributed by atoms with E-state index in [4.69, 9.17) is 4.74 Å². The van der Waals surface area contributed by atoms with E-state index < -0.39 is 0 Å². The summed E-state index contributed by atoms with van der Waals surface area (Å²) in [4.78, 5) is 0. The number of aryl methyl sites for hydroxylation is 2. The zero-order chi connectivity index (χ0) is 12.4. The van der Waals surface area contributed by atoms with Crippen molar-refractivity contribution in [3.8, 4) is 5.75 Å². The van der Waals surface area contributed by atoms with Crippen LogP contribution in [0.2, 0.25) is 0 Å². The molecule has 1 saturated carbocycles. The fraction of sp³-hybridized carbons (Fsp3) is 0.625. The Morgan fingerprint density at radius 1 is 0.882 bits per heavy atom. The standard InChI is InChI=1S/C16H24O/c1-11-5-12(2)8-15(7-11)17-16-9-13(3)6-14(4)10-16/h5,7-8,13-14,16H,6,9-10H2,1-4H3. The van der Waals surface area contributed by atoms with Gasteiger partial charge in [0, 0.05) is 0 Å². The summed E-state index contributed by atoms with van der Waals surface area (Å²) in [7, 11) is 0. The Hall–Kier alpha value is -0.980. The first-order chi connectivity index (χ1) is 8.02. The van der Waals surface area contributed by atoms with Crippen molar-refractivity contribution in [3.05, 3.63) is 29.3 Å². The van der Waals surface area contributed by atoms with E-state index in [9.17, 15) is 0 Å². The second kappa shape index (κ2) is 5.12. The summed E-state index contributed by atoms with van der Waals surface area (Å²) in [5.74, 6) is 2.65. The van der Waals surface area contributed by atoms with Crippen LogP contribution >= 0.6 is 0 Å². The highest BCUT2D eigenvalue weighted by Crippen LogP contribution is 2.31. The van der Waals surface area contributed by atoms with E-state index in [1.807, 2.05) is 0 Å². The van der Waals surface area contributed by atoms with Gasteiger partial charge in [-0.05, 0) is 68.2 Å². The molecule has 0 radical (unpaired) electrons. The van der Waals surface area contributed by atoms with Crippen molar-refractivity contribution in [2.75, 3.05) is 0 Å². The van der Waals surface area contributed by atoms with Crippen LogP contribution in [0, 0.1) is 25.7 Å². The predicted molar refractivity (Wildman–Crippen MR) is 72.5 cm³/mol. The molecule has 1 fully saturated rings. The van der Waals surface area contributed by atoms with Crippen molar-refractivity contribution < 1.29 is 4.74 Å². The lowest BCUT2D eigenvalue weighted by Crippen LogP contribution is -2.28. The molecular weight excluding hydrogens is 208 g/mol. The third-order valence-corrected chi connectivity index (χ3v) is 3.63. The third-order valence-electron chi connectivity index (χ3n) is 3.63. The van der Waals surface area contributed by atoms with Crippen molar-refractivity contribution in [3.63, 3.8) is 0 Å². The molecule has 94 valence electrons. The molecule has 0 aromatic heterocycles. The molecule has 1 aliphatic rings. The van der Waals surface area contributed by atoms with Crippen molar-refractivity contribution in [1.82, 2.24) is 0 Å². The first kappa shape index (κ1) is 12.5. The number of hydrogen-bond acceptors (Lipinski definition) is 1. The molecule has 0 aliphatic heterocycles. The Morgan fingerprint density at radius 3 is 1.94 bits per heavy atom. The van der Waals surface area contributed by atoms with Crippen LogP contribution < -0.4 is 4.74 Å². The number of ether oxygens (including phenoxy) is 1. The second-order valence-corrected chi connectivity index (χ2v) is 5.98. The maximum Gasteiger partial charge on any atom is 0.120 e. The topological polar surface area (TPSA) is 9.23 Å². The highest BCUT2D eigenvalue weighted by Gasteiger charge is 2.25. The molecule has 1 heteroatoms. The fourth-order valence-corrected chi connectivity index (χ4v) is 3.16. The van der Waals surface area contributed by atoms with Gasteiger partial charge in [0.15, 0.2) is 0 Å². The second-order valence-electron chi connectivity index (χ2n) is 5.98. The summed E-state index contributed by atoms with van der Waals surface area (Å²) < 4.78 is 6.16. The van der Waals surface area contributed by atoms with E-state index in [0.29, 0.717) is 6.10 Å². The van der Waals surface area contributed by atoms with Gasteiger partial charge in [-0.25, -0.2) is 0 Å². The van der Waals surface area contributed by atoms with Gasteiger partial charge >= 0.3 is 0 Å². The minimum absolute atomic E-state index is 0.412. The van der Waals surface area contributed by atoms with E-state index in [-0.39, 0.29) is 0 Å². The highest BCUT2D eigenvalue weighted by atomic mass is 16.5. The van der Waals surface area contributed by atoms with Crippen molar-refractivity contribution in [1.29, 1.82) is 0 Å². The smallest absolute Gasteiger partial charge is 0.120 e. The summed E-state index contributed by atoms with van der Waals surface area (Å²) in [6, 6.07) is 6.49. The predicted octanol–water partition coefficient (Wildman–Crippen LogP) is 4.51. The average Bonchev–Trinajstić information content (AvgIpc) is 2.13. The van der Waals surface area contributed by atoms with Crippen molar-refractivity contribution >= 4 is 0 Å². The van der Waals surface area contributed by atoms with Crippen LogP contribution in [0.3, 0.4) is 0 Å². The van der Waals surface area contributed by atoms with Crippen LogP contribution in [-0.2, 0) is 0 Å². The molecule has 0 heterocycles. The maximum absolute atomic E-state index is 6.16. The summed E-state index contributed by atoms with van der Waals surface area (Å²) in [6.07, 6.45) is 4.18. The Balaban J connectivity index is 2.04. The third kappa shape index (κ3) is 3.49. The molecule has 2 rings (SSSR count). The van der Waals surface area contributed by atoms with E-state index in [1.54, 1.807) is 0 Å². The molecule has 2 atom stereocenters. The number of rotatable bonds is 2. The van der Waals surface area contributed by atoms with Crippen LogP contribution in [0.5, 0.6) is 5.75 Å². The lowest BCUT2D eigenvalue weighted by Gasteiger charge is -2.31. The molecule has 0 amide bonds. The lowest BCUT2D eigenvalue weighted by atomic mass is 9.82. The van der Waals surface area contributed by atoms with E-state index in [0.717, 1.165) is 17.6 Å². The van der Waals surface area contributed by atoms with Gasteiger partial charge in [0.2, 0.25) is 0 Å². The molecule has 17 heavy (non-hydrogen) atoms. The van der Waals surface area contributed by atoms with E-state index in [1.165, 1.54) is 30.4 Å². The van der Waals surface area contributed by atoms with Gasteiger partial charge in [0.25, 0.3) is 0 Å². The van der Waals surface area contributed by atoms with E-state index >= 15 is 0 Å². The summed E-state index contributed by atoms with van der Waals surface area (Å²) in [6.45, 7) is 8.94. The van der Waals surface area contributed by atoms with Crippen molar-refractivity contribution in [2.45, 2.75) is 53.1 Å². The minimum atomic E-state index is 0.412. The quantitative estimate of drug-likeness (QED) is 0.729. The molecule has 1 aliphatic carbocycles. The van der Waals surface area contributed by atoms with Gasteiger partial charge in [-0.15, -0.1) is 0 Å².